The van der Waals surface area contributed by atoms with Crippen molar-refractivity contribution >= 4 is 15.9 Å². The summed E-state index contributed by atoms with van der Waals surface area (Å²) in [7, 11) is 0. The number of piperidine rings is 1. The highest BCUT2D eigenvalue weighted by atomic mass is 79.9. The Labute approximate surface area is 111 Å². The minimum absolute atomic E-state index is 0.192. The molecule has 2 N–H and O–H groups in total. The second-order valence-corrected chi connectivity index (χ2v) is 5.84. The molecule has 0 aliphatic carbocycles. The van der Waals surface area contributed by atoms with Gasteiger partial charge in [0, 0.05) is 12.6 Å². The highest BCUT2D eigenvalue weighted by Gasteiger charge is 2.32. The Bertz CT molecular complexity index is 366. The van der Waals surface area contributed by atoms with E-state index >= 15 is 0 Å². The third-order valence-corrected chi connectivity index (χ3v) is 4.65. The SMILES string of the molecule is CC1CCCN(C(CN)c2occc2Br)C1C. The second kappa shape index (κ2) is 5.55. The van der Waals surface area contributed by atoms with Gasteiger partial charge in [-0.2, -0.15) is 0 Å². The summed E-state index contributed by atoms with van der Waals surface area (Å²) in [5.41, 5.74) is 5.95. The van der Waals surface area contributed by atoms with Gasteiger partial charge in [0.05, 0.1) is 16.8 Å². The van der Waals surface area contributed by atoms with E-state index in [1.807, 2.05) is 6.07 Å². The van der Waals surface area contributed by atoms with Gasteiger partial charge in [-0.15, -0.1) is 0 Å². The molecule has 96 valence electrons. The maximum absolute atomic E-state index is 5.95. The maximum atomic E-state index is 5.95. The fourth-order valence-electron chi connectivity index (χ4n) is 2.74. The van der Waals surface area contributed by atoms with Gasteiger partial charge in [0.25, 0.3) is 0 Å². The molecule has 0 bridgehead atoms. The summed E-state index contributed by atoms with van der Waals surface area (Å²) in [6.07, 6.45) is 4.29. The number of hydrogen-bond acceptors (Lipinski definition) is 3. The molecule has 0 amide bonds. The summed E-state index contributed by atoms with van der Waals surface area (Å²) in [5, 5.41) is 0. The summed E-state index contributed by atoms with van der Waals surface area (Å²) in [6, 6.07) is 2.70. The first-order valence-electron chi connectivity index (χ1n) is 6.33. The van der Waals surface area contributed by atoms with Gasteiger partial charge in [-0.25, -0.2) is 0 Å². The number of halogens is 1. The van der Waals surface area contributed by atoms with Crippen LogP contribution in [0.3, 0.4) is 0 Å². The molecule has 3 nitrogen and oxygen atoms in total. The van der Waals surface area contributed by atoms with Crippen LogP contribution in [-0.4, -0.2) is 24.0 Å². The van der Waals surface area contributed by atoms with Crippen LogP contribution in [0, 0.1) is 5.92 Å². The highest BCUT2D eigenvalue weighted by molar-refractivity contribution is 9.10. The summed E-state index contributed by atoms with van der Waals surface area (Å²) in [6.45, 7) is 6.33. The third kappa shape index (κ3) is 2.59. The van der Waals surface area contributed by atoms with Crippen molar-refractivity contribution in [3.8, 4) is 0 Å². The lowest BCUT2D eigenvalue weighted by Crippen LogP contribution is -2.46. The summed E-state index contributed by atoms with van der Waals surface area (Å²) >= 11 is 3.53. The van der Waals surface area contributed by atoms with Gasteiger partial charge in [-0.05, 0) is 54.2 Å². The summed E-state index contributed by atoms with van der Waals surface area (Å²) in [4.78, 5) is 2.48. The molecule has 0 radical (unpaired) electrons. The Kier molecular flexibility index (Phi) is 4.28. The molecule has 4 heteroatoms. The van der Waals surface area contributed by atoms with Crippen LogP contribution in [0.1, 0.15) is 38.5 Å². The van der Waals surface area contributed by atoms with Gasteiger partial charge in [-0.1, -0.05) is 6.92 Å². The molecule has 1 saturated heterocycles. The van der Waals surface area contributed by atoms with Crippen LogP contribution in [0.5, 0.6) is 0 Å². The van der Waals surface area contributed by atoms with Crippen molar-refractivity contribution in [3.63, 3.8) is 0 Å². The van der Waals surface area contributed by atoms with Crippen LogP contribution >= 0.6 is 15.9 Å². The van der Waals surface area contributed by atoms with Crippen LogP contribution in [0.15, 0.2) is 21.2 Å². The van der Waals surface area contributed by atoms with E-state index in [0.717, 1.165) is 22.7 Å². The van der Waals surface area contributed by atoms with Gasteiger partial charge in [-0.3, -0.25) is 4.90 Å². The average molecular weight is 301 g/mol. The van der Waals surface area contributed by atoms with Gasteiger partial charge in [0.2, 0.25) is 0 Å². The maximum Gasteiger partial charge on any atom is 0.136 e. The lowest BCUT2D eigenvalue weighted by molar-refractivity contribution is 0.0609. The molecule has 1 fully saturated rings. The van der Waals surface area contributed by atoms with Crippen molar-refractivity contribution in [2.75, 3.05) is 13.1 Å². The van der Waals surface area contributed by atoms with Gasteiger partial charge >= 0.3 is 0 Å². The van der Waals surface area contributed by atoms with Crippen molar-refractivity contribution in [3.05, 3.63) is 22.6 Å². The fraction of sp³-hybridized carbons (Fsp3) is 0.692. The molecule has 3 unspecified atom stereocenters. The number of nitrogens with two attached hydrogens (primary N) is 1. The molecule has 0 spiro atoms. The van der Waals surface area contributed by atoms with Gasteiger partial charge in [0.15, 0.2) is 0 Å². The number of nitrogens with zero attached hydrogens (tertiary/aromatic N) is 1. The van der Waals surface area contributed by atoms with Crippen LogP contribution in [0.4, 0.5) is 0 Å². The van der Waals surface area contributed by atoms with Crippen molar-refractivity contribution < 1.29 is 4.42 Å². The Morgan fingerprint density at radius 2 is 2.35 bits per heavy atom. The Hall–Kier alpha value is -0.320. The van der Waals surface area contributed by atoms with Gasteiger partial charge < -0.3 is 10.2 Å². The van der Waals surface area contributed by atoms with Crippen molar-refractivity contribution in [2.45, 2.75) is 38.8 Å². The largest absolute Gasteiger partial charge is 0.466 e. The number of hydrogen-bond donors (Lipinski definition) is 1. The van der Waals surface area contributed by atoms with E-state index in [-0.39, 0.29) is 6.04 Å². The molecule has 17 heavy (non-hydrogen) atoms. The zero-order chi connectivity index (χ0) is 12.4. The molecule has 3 atom stereocenters. The third-order valence-electron chi connectivity index (χ3n) is 3.99. The predicted octanol–water partition coefficient (Wildman–Crippen LogP) is 3.16. The van der Waals surface area contributed by atoms with E-state index in [1.54, 1.807) is 6.26 Å². The number of likely N-dealkylation sites (tertiary alicyclic amines) is 1. The monoisotopic (exact) mass is 300 g/mol. The zero-order valence-corrected chi connectivity index (χ0v) is 12.1. The average Bonchev–Trinajstić information content (AvgIpc) is 2.72. The number of rotatable bonds is 3. The summed E-state index contributed by atoms with van der Waals surface area (Å²) in [5.74, 6) is 1.69. The molecule has 1 aromatic rings. The zero-order valence-electron chi connectivity index (χ0n) is 10.5. The molecule has 1 aliphatic rings. The van der Waals surface area contributed by atoms with Crippen LogP contribution in [-0.2, 0) is 0 Å². The normalized spacial score (nSPS) is 28.2. The van der Waals surface area contributed by atoms with Crippen LogP contribution in [0.2, 0.25) is 0 Å². The first-order valence-corrected chi connectivity index (χ1v) is 7.13. The standard InChI is InChI=1S/C13H21BrN2O/c1-9-4-3-6-16(10(9)2)12(8-15)13-11(14)5-7-17-13/h5,7,9-10,12H,3-4,6,8,15H2,1-2H3. The Morgan fingerprint density at radius 3 is 2.94 bits per heavy atom. The molecule has 0 saturated carbocycles. The van der Waals surface area contributed by atoms with E-state index in [4.69, 9.17) is 10.2 Å². The molecule has 2 rings (SSSR count). The van der Waals surface area contributed by atoms with Crippen molar-refractivity contribution in [1.82, 2.24) is 4.90 Å². The van der Waals surface area contributed by atoms with Gasteiger partial charge in [0.1, 0.15) is 5.76 Å². The quantitative estimate of drug-likeness (QED) is 0.932. The molecule has 2 heterocycles. The van der Waals surface area contributed by atoms with Crippen molar-refractivity contribution in [1.29, 1.82) is 0 Å². The van der Waals surface area contributed by atoms with Crippen molar-refractivity contribution in [2.24, 2.45) is 11.7 Å². The Balaban J connectivity index is 2.21. The lowest BCUT2D eigenvalue weighted by Gasteiger charge is -2.41. The smallest absolute Gasteiger partial charge is 0.136 e. The molecule has 0 aromatic carbocycles. The van der Waals surface area contributed by atoms with Crippen LogP contribution < -0.4 is 5.73 Å². The first kappa shape index (κ1) is 13.1. The second-order valence-electron chi connectivity index (χ2n) is 4.98. The van der Waals surface area contributed by atoms with E-state index in [1.165, 1.54) is 12.8 Å². The lowest BCUT2D eigenvalue weighted by atomic mass is 9.90. The van der Waals surface area contributed by atoms with E-state index in [9.17, 15) is 0 Å². The molecule has 1 aliphatic heterocycles. The minimum Gasteiger partial charge on any atom is -0.466 e. The minimum atomic E-state index is 0.192. The van der Waals surface area contributed by atoms with E-state index < -0.39 is 0 Å². The fourth-order valence-corrected chi connectivity index (χ4v) is 3.21. The topological polar surface area (TPSA) is 42.4 Å². The molecular weight excluding hydrogens is 280 g/mol. The molecule has 1 aromatic heterocycles. The first-order chi connectivity index (χ1) is 8.15. The summed E-state index contributed by atoms with van der Waals surface area (Å²) < 4.78 is 6.61. The Morgan fingerprint density at radius 1 is 1.59 bits per heavy atom. The predicted molar refractivity (Wildman–Crippen MR) is 72.8 cm³/mol. The molecular formula is C13H21BrN2O. The van der Waals surface area contributed by atoms with E-state index in [2.05, 4.69) is 34.7 Å². The van der Waals surface area contributed by atoms with E-state index in [0.29, 0.717) is 12.6 Å². The van der Waals surface area contributed by atoms with Crippen LogP contribution in [0.25, 0.3) is 0 Å². The highest BCUT2D eigenvalue weighted by Crippen LogP contribution is 2.34. The number of furan rings is 1.